The summed E-state index contributed by atoms with van der Waals surface area (Å²) in [5.41, 5.74) is 5.35. The van der Waals surface area contributed by atoms with Crippen molar-refractivity contribution < 1.29 is 13.3 Å². The minimum Gasteiger partial charge on any atom is -0.377 e. The van der Waals surface area contributed by atoms with E-state index in [0.717, 1.165) is 25.6 Å². The van der Waals surface area contributed by atoms with Crippen LogP contribution < -0.4 is 11.1 Å². The average Bonchev–Trinajstić information content (AvgIpc) is 2.48. The molecule has 0 aliphatic rings. The third kappa shape index (κ3) is 12.0. The Morgan fingerprint density at radius 3 is 1.72 bits per heavy atom. The van der Waals surface area contributed by atoms with Crippen molar-refractivity contribution in [2.45, 2.75) is 12.5 Å². The molecule has 0 aromatic heterocycles. The molecule has 0 atom stereocenters. The molecule has 0 radical (unpaired) electrons. The van der Waals surface area contributed by atoms with E-state index in [1.54, 1.807) is 21.3 Å². The van der Waals surface area contributed by atoms with Gasteiger partial charge >= 0.3 is 8.80 Å². The zero-order valence-electron chi connectivity index (χ0n) is 12.2. The van der Waals surface area contributed by atoms with Gasteiger partial charge in [-0.3, -0.25) is 0 Å². The van der Waals surface area contributed by atoms with Gasteiger partial charge in [0.2, 0.25) is 0 Å². The van der Waals surface area contributed by atoms with Crippen LogP contribution in [0.2, 0.25) is 6.04 Å². The predicted molar refractivity (Wildman–Crippen MR) is 80.6 cm³/mol. The van der Waals surface area contributed by atoms with E-state index in [9.17, 15) is 0 Å². The predicted octanol–water partition coefficient (Wildman–Crippen LogP) is 1.41. The average molecular weight is 278 g/mol. The van der Waals surface area contributed by atoms with Crippen LogP contribution in [0.3, 0.4) is 0 Å². The van der Waals surface area contributed by atoms with Gasteiger partial charge in [-0.15, -0.1) is 26.3 Å². The van der Waals surface area contributed by atoms with Crippen molar-refractivity contribution in [3.63, 3.8) is 0 Å². The summed E-state index contributed by atoms with van der Waals surface area (Å²) in [6.45, 7) is 14.4. The molecule has 0 spiro atoms. The number of hydrogen-bond acceptors (Lipinski definition) is 5. The lowest BCUT2D eigenvalue weighted by molar-refractivity contribution is 0.123. The lowest BCUT2D eigenvalue weighted by Gasteiger charge is -2.24. The Morgan fingerprint density at radius 2 is 1.39 bits per heavy atom. The first kappa shape index (κ1) is 22.7. The molecule has 6 heteroatoms. The fraction of sp³-hybridized carbons (Fsp3) is 0.667. The van der Waals surface area contributed by atoms with E-state index in [1.165, 1.54) is 0 Å². The highest BCUT2D eigenvalue weighted by molar-refractivity contribution is 6.60. The fourth-order valence-electron chi connectivity index (χ4n) is 1.21. The van der Waals surface area contributed by atoms with Crippen molar-refractivity contribution in [2.75, 3.05) is 41.0 Å². The molecule has 0 amide bonds. The van der Waals surface area contributed by atoms with Crippen LogP contribution in [0, 0.1) is 0 Å². The fourth-order valence-corrected chi connectivity index (χ4v) is 2.94. The van der Waals surface area contributed by atoms with Gasteiger partial charge in [0.25, 0.3) is 0 Å². The van der Waals surface area contributed by atoms with E-state index in [-0.39, 0.29) is 0 Å². The van der Waals surface area contributed by atoms with Crippen LogP contribution in [-0.2, 0) is 13.3 Å². The maximum Gasteiger partial charge on any atom is 0.500 e. The molecule has 5 nitrogen and oxygen atoms in total. The Bertz CT molecular complexity index is 148. The summed E-state index contributed by atoms with van der Waals surface area (Å²) in [5, 5.41) is 3.21. The molecular formula is C12H30N2O3Si. The Hall–Kier alpha value is -0.503. The molecule has 0 fully saturated rings. The second kappa shape index (κ2) is 18.9. The van der Waals surface area contributed by atoms with Gasteiger partial charge in [0.15, 0.2) is 0 Å². The highest BCUT2D eigenvalue weighted by Crippen LogP contribution is 2.13. The van der Waals surface area contributed by atoms with E-state index in [4.69, 9.17) is 19.0 Å². The summed E-state index contributed by atoms with van der Waals surface area (Å²) in [7, 11) is 2.55. The van der Waals surface area contributed by atoms with Crippen molar-refractivity contribution in [1.29, 1.82) is 0 Å². The number of hydrogen-bond donors (Lipinski definition) is 2. The molecule has 0 saturated carbocycles. The quantitative estimate of drug-likeness (QED) is 0.379. The Kier molecular flexibility index (Phi) is 23.7. The van der Waals surface area contributed by atoms with Gasteiger partial charge in [0.05, 0.1) is 0 Å². The van der Waals surface area contributed by atoms with Crippen molar-refractivity contribution in [1.82, 2.24) is 5.32 Å². The largest absolute Gasteiger partial charge is 0.500 e. The van der Waals surface area contributed by atoms with Gasteiger partial charge in [0, 0.05) is 40.5 Å². The van der Waals surface area contributed by atoms with E-state index in [0.29, 0.717) is 6.54 Å². The minimum atomic E-state index is -2.35. The SMILES string of the molecule is C=C.C=C.CO[Si](CCCNCCN)(OC)OC. The maximum absolute atomic E-state index is 5.35. The summed E-state index contributed by atoms with van der Waals surface area (Å²) < 4.78 is 15.9. The van der Waals surface area contributed by atoms with Gasteiger partial charge in [0.1, 0.15) is 0 Å². The standard InChI is InChI=1S/C8H22N2O3Si.2C2H4/c1-11-14(12-2,13-3)8-4-6-10-7-5-9;2*1-2/h10H,4-9H2,1-3H3;2*1-2H2. The lowest BCUT2D eigenvalue weighted by atomic mass is 10.5. The summed E-state index contributed by atoms with van der Waals surface area (Å²) in [6, 6.07) is 0.827. The second-order valence-corrected chi connectivity index (χ2v) is 6.03. The normalized spacial score (nSPS) is 9.78. The lowest BCUT2D eigenvalue weighted by Crippen LogP contribution is -2.43. The van der Waals surface area contributed by atoms with Gasteiger partial charge in [-0.1, -0.05) is 0 Å². The van der Waals surface area contributed by atoms with E-state index in [2.05, 4.69) is 31.6 Å². The van der Waals surface area contributed by atoms with Crippen LogP contribution in [0.1, 0.15) is 6.42 Å². The third-order valence-corrected chi connectivity index (χ3v) is 4.92. The summed E-state index contributed by atoms with van der Waals surface area (Å²) in [6.07, 6.45) is 0.974. The molecule has 110 valence electrons. The first-order valence-electron chi connectivity index (χ1n) is 5.81. The van der Waals surface area contributed by atoms with Crippen molar-refractivity contribution in [3.05, 3.63) is 26.3 Å². The summed E-state index contributed by atoms with van der Waals surface area (Å²) in [4.78, 5) is 0. The molecular weight excluding hydrogens is 248 g/mol. The van der Waals surface area contributed by atoms with Gasteiger partial charge in [-0.25, -0.2) is 0 Å². The summed E-state index contributed by atoms with van der Waals surface area (Å²) >= 11 is 0. The van der Waals surface area contributed by atoms with Crippen LogP contribution in [-0.4, -0.2) is 49.8 Å². The molecule has 0 aliphatic carbocycles. The topological polar surface area (TPSA) is 65.7 Å². The molecule has 0 saturated heterocycles. The Morgan fingerprint density at radius 1 is 0.944 bits per heavy atom. The molecule has 18 heavy (non-hydrogen) atoms. The molecule has 0 unspecified atom stereocenters. The number of rotatable bonds is 9. The van der Waals surface area contributed by atoms with Crippen molar-refractivity contribution in [2.24, 2.45) is 5.73 Å². The van der Waals surface area contributed by atoms with Crippen LogP contribution in [0.15, 0.2) is 26.3 Å². The first-order chi connectivity index (χ1) is 8.74. The van der Waals surface area contributed by atoms with Gasteiger partial charge in [-0.2, -0.15) is 0 Å². The van der Waals surface area contributed by atoms with Crippen molar-refractivity contribution >= 4 is 8.80 Å². The van der Waals surface area contributed by atoms with Crippen LogP contribution in [0.5, 0.6) is 0 Å². The van der Waals surface area contributed by atoms with Crippen LogP contribution in [0.4, 0.5) is 0 Å². The first-order valence-corrected chi connectivity index (χ1v) is 7.74. The smallest absolute Gasteiger partial charge is 0.377 e. The molecule has 3 N–H and O–H groups in total. The maximum atomic E-state index is 5.35. The highest BCUT2D eigenvalue weighted by Gasteiger charge is 2.36. The van der Waals surface area contributed by atoms with Crippen molar-refractivity contribution in [3.8, 4) is 0 Å². The third-order valence-electron chi connectivity index (χ3n) is 2.09. The monoisotopic (exact) mass is 278 g/mol. The minimum absolute atomic E-state index is 0.668. The Balaban J connectivity index is -0.000000506. The zero-order valence-corrected chi connectivity index (χ0v) is 13.2. The summed E-state index contributed by atoms with van der Waals surface area (Å²) in [5.74, 6) is 0. The molecule has 0 rings (SSSR count). The molecule has 0 bridgehead atoms. The molecule has 0 aromatic carbocycles. The van der Waals surface area contributed by atoms with E-state index < -0.39 is 8.80 Å². The highest BCUT2D eigenvalue weighted by atomic mass is 28.4. The molecule has 0 aromatic rings. The number of nitrogens with two attached hydrogens (primary N) is 1. The van der Waals surface area contributed by atoms with Gasteiger partial charge < -0.3 is 24.3 Å². The van der Waals surface area contributed by atoms with Crippen LogP contribution in [0.25, 0.3) is 0 Å². The molecule has 0 heterocycles. The van der Waals surface area contributed by atoms with E-state index in [1.807, 2.05) is 0 Å². The zero-order chi connectivity index (χ0) is 14.9. The second-order valence-electron chi connectivity index (χ2n) is 2.94. The number of nitrogens with one attached hydrogen (secondary N) is 1. The van der Waals surface area contributed by atoms with Crippen LogP contribution >= 0.6 is 0 Å². The Labute approximate surface area is 113 Å². The van der Waals surface area contributed by atoms with Gasteiger partial charge in [-0.05, 0) is 13.0 Å². The molecule has 0 aliphatic heterocycles. The van der Waals surface area contributed by atoms with E-state index >= 15 is 0 Å².